The molecule has 0 spiro atoms. The number of benzene rings is 3. The van der Waals surface area contributed by atoms with E-state index in [2.05, 4.69) is 29.2 Å². The van der Waals surface area contributed by atoms with E-state index in [1.54, 1.807) is 12.1 Å². The number of ketones is 1. The number of unbranched alkanes of at least 4 members (excludes halogenated alkanes) is 1. The molecule has 0 bridgehead atoms. The number of carbonyl (C=O) groups excluding carboxylic acids is 1. The van der Waals surface area contributed by atoms with E-state index in [0.29, 0.717) is 10.4 Å². The van der Waals surface area contributed by atoms with Crippen molar-refractivity contribution in [3.8, 4) is 16.9 Å². The molecule has 5 heteroatoms. The van der Waals surface area contributed by atoms with E-state index >= 15 is 0 Å². The van der Waals surface area contributed by atoms with Gasteiger partial charge >= 0.3 is 0 Å². The number of likely N-dealkylation sites (tertiary alicyclic amines) is 1. The standard InChI is InChI=1S/C28H26FNO2S/c29-22-11-9-21(10-12-22)27(32)28-26(24-14-13-23(31)18-25(24)33-28)20-7-5-19(6-8-20)4-1-2-15-30-16-3-17-30/h5-14,18,31H,1-4,15-17H2. The highest BCUT2D eigenvalue weighted by Gasteiger charge is 2.21. The normalized spacial score (nSPS) is 13.8. The number of nitrogens with zero attached hydrogens (tertiary/aromatic N) is 1. The highest BCUT2D eigenvalue weighted by atomic mass is 32.1. The lowest BCUT2D eigenvalue weighted by Crippen LogP contribution is -2.37. The fourth-order valence-electron chi connectivity index (χ4n) is 4.37. The van der Waals surface area contributed by atoms with Crippen molar-refractivity contribution in [1.29, 1.82) is 0 Å². The molecule has 0 amide bonds. The Morgan fingerprint density at radius 2 is 1.73 bits per heavy atom. The minimum Gasteiger partial charge on any atom is -0.508 e. The molecule has 0 saturated carbocycles. The lowest BCUT2D eigenvalue weighted by molar-refractivity contribution is 0.104. The molecule has 1 aromatic heterocycles. The molecule has 0 radical (unpaired) electrons. The molecule has 1 aliphatic heterocycles. The quantitative estimate of drug-likeness (QED) is 0.236. The number of hydrogen-bond donors (Lipinski definition) is 1. The van der Waals surface area contributed by atoms with Crippen molar-refractivity contribution in [3.63, 3.8) is 0 Å². The Kier molecular flexibility index (Phi) is 6.25. The number of carbonyl (C=O) groups is 1. The monoisotopic (exact) mass is 459 g/mol. The van der Waals surface area contributed by atoms with Crippen molar-refractivity contribution in [2.75, 3.05) is 19.6 Å². The molecule has 33 heavy (non-hydrogen) atoms. The summed E-state index contributed by atoms with van der Waals surface area (Å²) in [7, 11) is 0. The van der Waals surface area contributed by atoms with Crippen molar-refractivity contribution >= 4 is 27.2 Å². The zero-order valence-electron chi connectivity index (χ0n) is 18.4. The van der Waals surface area contributed by atoms with E-state index in [4.69, 9.17) is 0 Å². The minimum atomic E-state index is -0.367. The van der Waals surface area contributed by atoms with Gasteiger partial charge in [-0.3, -0.25) is 4.79 Å². The summed E-state index contributed by atoms with van der Waals surface area (Å²) in [5.41, 5.74) is 3.59. The van der Waals surface area contributed by atoms with Gasteiger partial charge in [0.25, 0.3) is 0 Å². The molecule has 1 saturated heterocycles. The molecule has 1 aliphatic rings. The minimum absolute atomic E-state index is 0.138. The van der Waals surface area contributed by atoms with Gasteiger partial charge in [-0.1, -0.05) is 24.3 Å². The molecule has 1 fully saturated rings. The van der Waals surface area contributed by atoms with Crippen LogP contribution < -0.4 is 0 Å². The number of fused-ring (bicyclic) bond motifs is 1. The second-order valence-corrected chi connectivity index (χ2v) is 9.72. The van der Waals surface area contributed by atoms with Gasteiger partial charge in [-0.2, -0.15) is 0 Å². The predicted molar refractivity (Wildman–Crippen MR) is 133 cm³/mol. The number of aromatic hydroxyl groups is 1. The van der Waals surface area contributed by atoms with Crippen LogP contribution in [-0.4, -0.2) is 35.4 Å². The zero-order valence-corrected chi connectivity index (χ0v) is 19.2. The Morgan fingerprint density at radius 1 is 0.970 bits per heavy atom. The summed E-state index contributed by atoms with van der Waals surface area (Å²) in [4.78, 5) is 16.5. The van der Waals surface area contributed by atoms with E-state index in [0.717, 1.165) is 27.6 Å². The maximum atomic E-state index is 13.4. The topological polar surface area (TPSA) is 40.5 Å². The summed E-state index contributed by atoms with van der Waals surface area (Å²) in [6.45, 7) is 3.70. The summed E-state index contributed by atoms with van der Waals surface area (Å²) < 4.78 is 14.2. The van der Waals surface area contributed by atoms with Crippen molar-refractivity contribution in [3.05, 3.63) is 88.6 Å². The number of phenols is 1. The Balaban J connectivity index is 1.43. The van der Waals surface area contributed by atoms with Crippen molar-refractivity contribution in [2.45, 2.75) is 25.7 Å². The van der Waals surface area contributed by atoms with Crippen LogP contribution in [0, 0.1) is 5.82 Å². The fourth-order valence-corrected chi connectivity index (χ4v) is 5.59. The number of phenolic OH excluding ortho intramolecular Hbond substituents is 1. The molecule has 5 rings (SSSR count). The third kappa shape index (κ3) is 4.70. The molecule has 1 N–H and O–H groups in total. The van der Waals surface area contributed by atoms with Crippen LogP contribution in [0.2, 0.25) is 0 Å². The Labute approximate surface area is 197 Å². The number of rotatable bonds is 8. The first-order valence-electron chi connectivity index (χ1n) is 11.5. The van der Waals surface area contributed by atoms with Crippen LogP contribution in [-0.2, 0) is 6.42 Å². The number of hydrogen-bond acceptors (Lipinski definition) is 4. The molecule has 4 aromatic rings. The van der Waals surface area contributed by atoms with Crippen molar-refractivity contribution in [1.82, 2.24) is 4.90 Å². The second kappa shape index (κ2) is 9.46. The van der Waals surface area contributed by atoms with Gasteiger partial charge in [-0.15, -0.1) is 11.3 Å². The lowest BCUT2D eigenvalue weighted by Gasteiger charge is -2.30. The average Bonchev–Trinajstić information content (AvgIpc) is 3.16. The van der Waals surface area contributed by atoms with Gasteiger partial charge in [0.05, 0.1) is 4.88 Å². The number of aryl methyl sites for hydroxylation is 1. The number of halogens is 1. The van der Waals surface area contributed by atoms with Gasteiger partial charge in [-0.05, 0) is 98.9 Å². The number of thiophene rings is 1. The van der Waals surface area contributed by atoms with E-state index in [-0.39, 0.29) is 17.3 Å². The van der Waals surface area contributed by atoms with Gasteiger partial charge in [0, 0.05) is 21.2 Å². The maximum absolute atomic E-state index is 13.4. The van der Waals surface area contributed by atoms with Crippen LogP contribution in [0.5, 0.6) is 5.75 Å². The van der Waals surface area contributed by atoms with Gasteiger partial charge in [0.2, 0.25) is 5.78 Å². The smallest absolute Gasteiger partial charge is 0.203 e. The van der Waals surface area contributed by atoms with Crippen LogP contribution in [0.1, 0.15) is 40.1 Å². The SMILES string of the molecule is O=C(c1ccc(F)cc1)c1sc2cc(O)ccc2c1-c1ccc(CCCCN2CCC2)cc1. The molecule has 0 atom stereocenters. The van der Waals surface area contributed by atoms with Gasteiger partial charge in [0.1, 0.15) is 11.6 Å². The van der Waals surface area contributed by atoms with E-state index < -0.39 is 0 Å². The third-order valence-corrected chi connectivity index (χ3v) is 7.52. The molecule has 3 aromatic carbocycles. The maximum Gasteiger partial charge on any atom is 0.203 e. The first-order chi connectivity index (χ1) is 16.1. The van der Waals surface area contributed by atoms with Crippen LogP contribution in [0.3, 0.4) is 0 Å². The molecule has 2 heterocycles. The summed E-state index contributed by atoms with van der Waals surface area (Å²) in [6.07, 6.45) is 4.78. The van der Waals surface area contributed by atoms with Crippen LogP contribution in [0.4, 0.5) is 4.39 Å². The molecule has 168 valence electrons. The van der Waals surface area contributed by atoms with Crippen molar-refractivity contribution in [2.24, 2.45) is 0 Å². The zero-order chi connectivity index (χ0) is 22.8. The van der Waals surface area contributed by atoms with Crippen LogP contribution >= 0.6 is 11.3 Å². The van der Waals surface area contributed by atoms with Crippen LogP contribution in [0.25, 0.3) is 21.2 Å². The summed E-state index contributed by atoms with van der Waals surface area (Å²) >= 11 is 1.36. The van der Waals surface area contributed by atoms with Gasteiger partial charge in [0.15, 0.2) is 0 Å². The molecular weight excluding hydrogens is 433 g/mol. The summed E-state index contributed by atoms with van der Waals surface area (Å²) in [5.74, 6) is -0.334. The highest BCUT2D eigenvalue weighted by Crippen LogP contribution is 2.41. The van der Waals surface area contributed by atoms with E-state index in [1.807, 2.05) is 6.07 Å². The molecule has 0 unspecified atom stereocenters. The molecule has 0 aliphatic carbocycles. The van der Waals surface area contributed by atoms with E-state index in [1.165, 1.54) is 80.1 Å². The first kappa shape index (κ1) is 21.8. The fraction of sp³-hybridized carbons (Fsp3) is 0.250. The largest absolute Gasteiger partial charge is 0.508 e. The molecule has 3 nitrogen and oxygen atoms in total. The van der Waals surface area contributed by atoms with E-state index in [9.17, 15) is 14.3 Å². The second-order valence-electron chi connectivity index (χ2n) is 8.67. The molecular formula is C28H26FNO2S. The third-order valence-electron chi connectivity index (χ3n) is 6.37. The van der Waals surface area contributed by atoms with Gasteiger partial charge in [-0.25, -0.2) is 4.39 Å². The first-order valence-corrected chi connectivity index (χ1v) is 12.3. The Morgan fingerprint density at radius 3 is 2.42 bits per heavy atom. The summed E-state index contributed by atoms with van der Waals surface area (Å²) in [5, 5.41) is 10.9. The Hall–Kier alpha value is -3.02. The highest BCUT2D eigenvalue weighted by molar-refractivity contribution is 7.21. The van der Waals surface area contributed by atoms with Gasteiger partial charge < -0.3 is 10.0 Å². The van der Waals surface area contributed by atoms with Crippen LogP contribution in [0.15, 0.2) is 66.7 Å². The Bertz CT molecular complexity index is 1270. The summed E-state index contributed by atoms with van der Waals surface area (Å²) in [6, 6.07) is 19.3. The predicted octanol–water partition coefficient (Wildman–Crippen LogP) is 6.67. The average molecular weight is 460 g/mol. The lowest BCUT2D eigenvalue weighted by atomic mass is 9.96. The van der Waals surface area contributed by atoms with Crippen molar-refractivity contribution < 1.29 is 14.3 Å².